The van der Waals surface area contributed by atoms with E-state index in [0.29, 0.717) is 25.1 Å². The monoisotopic (exact) mass is 332 g/mol. The molecule has 0 saturated heterocycles. The van der Waals surface area contributed by atoms with Crippen molar-refractivity contribution in [1.82, 2.24) is 9.29 Å². The topological polar surface area (TPSA) is 67.3 Å². The third kappa shape index (κ3) is 4.24. The molecule has 0 aliphatic rings. The zero-order valence-corrected chi connectivity index (χ0v) is 14.1. The van der Waals surface area contributed by atoms with Crippen LogP contribution in [0.25, 0.3) is 0 Å². The molecule has 0 amide bonds. The molecule has 1 aromatic carbocycles. The second-order valence-corrected chi connectivity index (χ2v) is 7.09. The van der Waals surface area contributed by atoms with Gasteiger partial charge < -0.3 is 0 Å². The molecule has 0 aliphatic heterocycles. The van der Waals surface area contributed by atoms with E-state index < -0.39 is 10.0 Å². The van der Waals surface area contributed by atoms with Crippen LogP contribution in [0.4, 0.5) is 0 Å². The lowest BCUT2D eigenvalue weighted by atomic mass is 10.2. The van der Waals surface area contributed by atoms with Gasteiger partial charge in [0.25, 0.3) is 0 Å². The second kappa shape index (κ2) is 7.48. The van der Waals surface area contributed by atoms with Gasteiger partial charge in [0.2, 0.25) is 10.0 Å². The van der Waals surface area contributed by atoms with Crippen LogP contribution < -0.4 is 0 Å². The number of Topliss-reactive ketones (excluding diaryl/α,β-unsaturated/α-hetero) is 1. The van der Waals surface area contributed by atoms with E-state index in [1.165, 1.54) is 23.4 Å². The van der Waals surface area contributed by atoms with Crippen LogP contribution in [0.2, 0.25) is 0 Å². The number of carbonyl (C=O) groups excluding carboxylic acids is 1. The van der Waals surface area contributed by atoms with Crippen molar-refractivity contribution in [2.45, 2.75) is 25.2 Å². The molecule has 6 heteroatoms. The molecule has 2 rings (SSSR count). The van der Waals surface area contributed by atoms with Gasteiger partial charge in [-0.05, 0) is 31.2 Å². The highest BCUT2D eigenvalue weighted by Crippen LogP contribution is 2.18. The Morgan fingerprint density at radius 1 is 1.17 bits per heavy atom. The minimum Gasteiger partial charge on any atom is -0.295 e. The summed E-state index contributed by atoms with van der Waals surface area (Å²) in [6, 6.07) is 11.7. The highest BCUT2D eigenvalue weighted by molar-refractivity contribution is 7.89. The molecule has 0 radical (unpaired) electrons. The van der Waals surface area contributed by atoms with Gasteiger partial charge in [0, 0.05) is 37.0 Å². The SMILES string of the molecule is CCN(CCc1ccccn1)S(=O)(=O)c1cccc(C(C)=O)c1. The normalized spacial score (nSPS) is 11.6. The number of aromatic nitrogens is 1. The van der Waals surface area contributed by atoms with Gasteiger partial charge in [0.1, 0.15) is 0 Å². The van der Waals surface area contributed by atoms with Gasteiger partial charge in [-0.1, -0.05) is 25.1 Å². The van der Waals surface area contributed by atoms with Crippen LogP contribution in [0, 0.1) is 0 Å². The fourth-order valence-electron chi connectivity index (χ4n) is 2.26. The van der Waals surface area contributed by atoms with Crippen LogP contribution in [-0.4, -0.2) is 36.6 Å². The molecular formula is C17H20N2O3S. The van der Waals surface area contributed by atoms with E-state index in [9.17, 15) is 13.2 Å². The molecule has 5 nitrogen and oxygen atoms in total. The van der Waals surface area contributed by atoms with Crippen LogP contribution in [0.3, 0.4) is 0 Å². The number of pyridine rings is 1. The molecule has 0 saturated carbocycles. The van der Waals surface area contributed by atoms with Crippen molar-refractivity contribution in [2.75, 3.05) is 13.1 Å². The van der Waals surface area contributed by atoms with E-state index >= 15 is 0 Å². The minimum absolute atomic E-state index is 0.146. The summed E-state index contributed by atoms with van der Waals surface area (Å²) in [5.74, 6) is -0.154. The van der Waals surface area contributed by atoms with E-state index in [4.69, 9.17) is 0 Å². The highest BCUT2D eigenvalue weighted by Gasteiger charge is 2.23. The Hall–Kier alpha value is -2.05. The molecular weight excluding hydrogens is 312 g/mol. The lowest BCUT2D eigenvalue weighted by molar-refractivity contribution is 0.101. The van der Waals surface area contributed by atoms with Gasteiger partial charge in [-0.15, -0.1) is 0 Å². The highest BCUT2D eigenvalue weighted by atomic mass is 32.2. The number of sulfonamides is 1. The molecule has 0 atom stereocenters. The molecule has 0 unspecified atom stereocenters. The average Bonchev–Trinajstić information content (AvgIpc) is 2.56. The summed E-state index contributed by atoms with van der Waals surface area (Å²) < 4.78 is 26.9. The maximum atomic E-state index is 12.8. The molecule has 122 valence electrons. The maximum absolute atomic E-state index is 12.8. The number of ketones is 1. The Morgan fingerprint density at radius 3 is 2.57 bits per heavy atom. The minimum atomic E-state index is -3.62. The summed E-state index contributed by atoms with van der Waals surface area (Å²) >= 11 is 0. The fourth-order valence-corrected chi connectivity index (χ4v) is 3.75. The van der Waals surface area contributed by atoms with Gasteiger partial charge >= 0.3 is 0 Å². The van der Waals surface area contributed by atoms with Crippen molar-refractivity contribution in [3.05, 3.63) is 59.9 Å². The van der Waals surface area contributed by atoms with Gasteiger partial charge in [-0.3, -0.25) is 9.78 Å². The Labute approximate surface area is 137 Å². The maximum Gasteiger partial charge on any atom is 0.243 e. The first-order chi connectivity index (χ1) is 10.9. The largest absolute Gasteiger partial charge is 0.295 e. The third-order valence-electron chi connectivity index (χ3n) is 3.57. The number of hydrogen-bond acceptors (Lipinski definition) is 4. The Balaban J connectivity index is 2.21. The molecule has 23 heavy (non-hydrogen) atoms. The first-order valence-corrected chi connectivity index (χ1v) is 8.90. The van der Waals surface area contributed by atoms with Gasteiger partial charge in [-0.25, -0.2) is 8.42 Å². The first-order valence-electron chi connectivity index (χ1n) is 7.46. The van der Waals surface area contributed by atoms with Crippen molar-refractivity contribution in [2.24, 2.45) is 0 Å². The van der Waals surface area contributed by atoms with E-state index in [1.807, 2.05) is 18.2 Å². The van der Waals surface area contributed by atoms with Crippen LogP contribution in [0.5, 0.6) is 0 Å². The van der Waals surface area contributed by atoms with Crippen LogP contribution >= 0.6 is 0 Å². The zero-order valence-electron chi connectivity index (χ0n) is 13.3. The number of carbonyl (C=O) groups is 1. The molecule has 0 bridgehead atoms. The molecule has 1 heterocycles. The Kier molecular flexibility index (Phi) is 5.63. The summed E-state index contributed by atoms with van der Waals surface area (Å²) in [7, 11) is -3.62. The molecule has 0 aliphatic carbocycles. The lowest BCUT2D eigenvalue weighted by Gasteiger charge is -2.20. The van der Waals surface area contributed by atoms with E-state index in [1.54, 1.807) is 25.3 Å². The van der Waals surface area contributed by atoms with Crippen LogP contribution in [-0.2, 0) is 16.4 Å². The van der Waals surface area contributed by atoms with Crippen molar-refractivity contribution < 1.29 is 13.2 Å². The summed E-state index contributed by atoms with van der Waals surface area (Å²) in [6.45, 7) is 3.93. The first kappa shape index (κ1) is 17.3. The van der Waals surface area contributed by atoms with Gasteiger partial charge in [0.05, 0.1) is 4.90 Å². The lowest BCUT2D eigenvalue weighted by Crippen LogP contribution is -2.33. The fraction of sp³-hybridized carbons (Fsp3) is 0.294. The molecule has 0 fully saturated rings. The van der Waals surface area contributed by atoms with Crippen molar-refractivity contribution in [1.29, 1.82) is 0 Å². The van der Waals surface area contributed by atoms with Crippen molar-refractivity contribution >= 4 is 15.8 Å². The van der Waals surface area contributed by atoms with Crippen LogP contribution in [0.15, 0.2) is 53.6 Å². The zero-order chi connectivity index (χ0) is 16.9. The number of hydrogen-bond donors (Lipinski definition) is 0. The quantitative estimate of drug-likeness (QED) is 0.731. The predicted molar refractivity (Wildman–Crippen MR) is 88.8 cm³/mol. The van der Waals surface area contributed by atoms with Crippen molar-refractivity contribution in [3.8, 4) is 0 Å². The number of nitrogens with zero attached hydrogens (tertiary/aromatic N) is 2. The third-order valence-corrected chi connectivity index (χ3v) is 5.54. The summed E-state index contributed by atoms with van der Waals surface area (Å²) in [6.07, 6.45) is 2.23. The number of benzene rings is 1. The molecule has 0 N–H and O–H groups in total. The number of rotatable bonds is 7. The van der Waals surface area contributed by atoms with Crippen LogP contribution in [0.1, 0.15) is 29.9 Å². The van der Waals surface area contributed by atoms with Crippen molar-refractivity contribution in [3.63, 3.8) is 0 Å². The molecule has 1 aromatic heterocycles. The van der Waals surface area contributed by atoms with E-state index in [-0.39, 0.29) is 10.7 Å². The molecule has 0 spiro atoms. The second-order valence-electron chi connectivity index (χ2n) is 5.15. The van der Waals surface area contributed by atoms with Gasteiger partial charge in [-0.2, -0.15) is 4.31 Å². The van der Waals surface area contributed by atoms with Gasteiger partial charge in [0.15, 0.2) is 5.78 Å². The van der Waals surface area contributed by atoms with E-state index in [2.05, 4.69) is 4.98 Å². The molecule has 2 aromatic rings. The predicted octanol–water partition coefficient (Wildman–Crippen LogP) is 2.54. The number of likely N-dealkylation sites (N-methyl/N-ethyl adjacent to an activating group) is 1. The summed E-state index contributed by atoms with van der Waals surface area (Å²) in [5.41, 5.74) is 1.24. The average molecular weight is 332 g/mol. The smallest absolute Gasteiger partial charge is 0.243 e. The Morgan fingerprint density at radius 2 is 1.96 bits per heavy atom. The Bertz CT molecular complexity index is 773. The summed E-state index contributed by atoms with van der Waals surface area (Å²) in [4.78, 5) is 15.8. The standard InChI is InChI=1S/C17H20N2O3S/c1-3-19(12-10-16-8-4-5-11-18-16)23(21,22)17-9-6-7-15(13-17)14(2)20/h4-9,11,13H,3,10,12H2,1-2H3. The van der Waals surface area contributed by atoms with E-state index in [0.717, 1.165) is 5.69 Å². The summed E-state index contributed by atoms with van der Waals surface area (Å²) in [5, 5.41) is 0.